The maximum Gasteiger partial charge on any atom is 0.328 e. The summed E-state index contributed by atoms with van der Waals surface area (Å²) in [6.07, 6.45) is 1.18. The van der Waals surface area contributed by atoms with Crippen LogP contribution in [0.1, 0.15) is 11.3 Å². The molecule has 2 N–H and O–H groups in total. The van der Waals surface area contributed by atoms with Gasteiger partial charge in [-0.15, -0.1) is 0 Å². The number of aryl methyl sites for hydroxylation is 1. The number of carbonyl (C=O) groups excluding carboxylic acids is 3. The van der Waals surface area contributed by atoms with Crippen LogP contribution in [0.4, 0.5) is 10.5 Å². The molecule has 0 saturated carbocycles. The minimum Gasteiger partial charge on any atom is -0.457 e. The molecule has 9 heteroatoms. The smallest absolute Gasteiger partial charge is 0.328 e. The van der Waals surface area contributed by atoms with Gasteiger partial charge in [0.15, 0.2) is 0 Å². The summed E-state index contributed by atoms with van der Waals surface area (Å²) in [7, 11) is 0. The number of hydrogen-bond donors (Lipinski definition) is 2. The molecule has 0 spiro atoms. The zero-order valence-electron chi connectivity index (χ0n) is 12.9. The van der Waals surface area contributed by atoms with E-state index in [9.17, 15) is 24.5 Å². The summed E-state index contributed by atoms with van der Waals surface area (Å²) in [5.74, 6) is -1.15. The Kier molecular flexibility index (Phi) is 3.89. The van der Waals surface area contributed by atoms with Gasteiger partial charge in [-0.1, -0.05) is 12.1 Å². The van der Waals surface area contributed by atoms with Crippen molar-refractivity contribution in [2.24, 2.45) is 0 Å². The fourth-order valence-electron chi connectivity index (χ4n) is 2.29. The van der Waals surface area contributed by atoms with E-state index in [0.717, 1.165) is 0 Å². The maximum atomic E-state index is 11.7. The SMILES string of the molecule is Cc1ccc(-c2ccc(C=C3C(=O)NC(=O)NC3=O)o2)cc1[N+](=O)[O-]. The average Bonchev–Trinajstić information content (AvgIpc) is 2.99. The summed E-state index contributed by atoms with van der Waals surface area (Å²) in [6.45, 7) is 1.63. The molecule has 1 aromatic heterocycles. The van der Waals surface area contributed by atoms with Gasteiger partial charge in [-0.2, -0.15) is 0 Å². The van der Waals surface area contributed by atoms with Crippen molar-refractivity contribution in [2.75, 3.05) is 0 Å². The van der Waals surface area contributed by atoms with Crippen LogP contribution in [0.3, 0.4) is 0 Å². The van der Waals surface area contributed by atoms with Gasteiger partial charge in [-0.3, -0.25) is 30.3 Å². The van der Waals surface area contributed by atoms with Gasteiger partial charge in [0.2, 0.25) is 0 Å². The molecule has 1 aliphatic rings. The second-order valence-corrected chi connectivity index (χ2v) is 5.26. The zero-order valence-corrected chi connectivity index (χ0v) is 12.9. The summed E-state index contributed by atoms with van der Waals surface area (Å²) < 4.78 is 5.53. The molecule has 1 fully saturated rings. The van der Waals surface area contributed by atoms with Gasteiger partial charge in [0.25, 0.3) is 17.5 Å². The fraction of sp³-hybridized carbons (Fsp3) is 0.0625. The highest BCUT2D eigenvalue weighted by Crippen LogP contribution is 2.28. The van der Waals surface area contributed by atoms with E-state index in [1.165, 1.54) is 18.2 Å². The first-order chi connectivity index (χ1) is 11.8. The van der Waals surface area contributed by atoms with Gasteiger partial charge in [0.05, 0.1) is 4.92 Å². The third-order valence-electron chi connectivity index (χ3n) is 3.55. The molecular formula is C16H11N3O6. The van der Waals surface area contributed by atoms with Crippen LogP contribution in [0.25, 0.3) is 17.4 Å². The molecule has 2 aromatic rings. The Bertz CT molecular complexity index is 935. The van der Waals surface area contributed by atoms with E-state index < -0.39 is 22.8 Å². The van der Waals surface area contributed by atoms with Crippen LogP contribution >= 0.6 is 0 Å². The van der Waals surface area contributed by atoms with Crippen molar-refractivity contribution in [2.45, 2.75) is 6.92 Å². The van der Waals surface area contributed by atoms with Gasteiger partial charge in [-0.05, 0) is 25.1 Å². The van der Waals surface area contributed by atoms with Gasteiger partial charge in [0.1, 0.15) is 17.1 Å². The van der Waals surface area contributed by atoms with Gasteiger partial charge in [0, 0.05) is 17.2 Å². The number of nitro benzene ring substituents is 1. The molecule has 0 unspecified atom stereocenters. The number of imide groups is 2. The molecule has 25 heavy (non-hydrogen) atoms. The van der Waals surface area contributed by atoms with Crippen LogP contribution in [-0.4, -0.2) is 22.8 Å². The predicted molar refractivity (Wildman–Crippen MR) is 85.2 cm³/mol. The molecule has 9 nitrogen and oxygen atoms in total. The highest BCUT2D eigenvalue weighted by Gasteiger charge is 2.28. The Morgan fingerprint density at radius 1 is 1.08 bits per heavy atom. The van der Waals surface area contributed by atoms with Crippen LogP contribution in [-0.2, 0) is 9.59 Å². The molecular weight excluding hydrogens is 330 g/mol. The molecule has 0 aliphatic carbocycles. The molecule has 0 atom stereocenters. The lowest BCUT2D eigenvalue weighted by atomic mass is 10.1. The minimum atomic E-state index is -0.890. The van der Waals surface area contributed by atoms with Gasteiger partial charge >= 0.3 is 6.03 Å². The number of hydrogen-bond acceptors (Lipinski definition) is 6. The molecule has 0 radical (unpaired) electrons. The number of carbonyl (C=O) groups is 3. The number of furan rings is 1. The lowest BCUT2D eigenvalue weighted by Gasteiger charge is -2.13. The lowest BCUT2D eigenvalue weighted by Crippen LogP contribution is -2.51. The van der Waals surface area contributed by atoms with E-state index in [4.69, 9.17) is 4.42 Å². The third-order valence-corrected chi connectivity index (χ3v) is 3.55. The van der Waals surface area contributed by atoms with E-state index >= 15 is 0 Å². The zero-order chi connectivity index (χ0) is 18.1. The molecule has 126 valence electrons. The standard InChI is InChI=1S/C16H11N3O6/c1-8-2-3-9(6-12(8)19(23)24)13-5-4-10(25-13)7-11-14(20)17-16(22)18-15(11)21/h2-7H,1H3,(H2,17,18,20,21,22). The van der Waals surface area contributed by atoms with E-state index in [1.807, 2.05) is 10.6 Å². The van der Waals surface area contributed by atoms with Crippen molar-refractivity contribution in [3.63, 3.8) is 0 Å². The molecule has 2 heterocycles. The van der Waals surface area contributed by atoms with Crippen LogP contribution in [0.15, 0.2) is 40.3 Å². The first-order valence-corrected chi connectivity index (χ1v) is 7.09. The summed E-state index contributed by atoms with van der Waals surface area (Å²) in [6, 6.07) is 6.82. The van der Waals surface area contributed by atoms with Crippen LogP contribution in [0, 0.1) is 17.0 Å². The molecule has 1 saturated heterocycles. The number of benzene rings is 1. The number of nitro groups is 1. The first kappa shape index (κ1) is 16.1. The third kappa shape index (κ3) is 3.15. The molecule has 3 rings (SSSR count). The van der Waals surface area contributed by atoms with E-state index in [1.54, 1.807) is 25.1 Å². The van der Waals surface area contributed by atoms with Crippen LogP contribution in [0.5, 0.6) is 0 Å². The minimum absolute atomic E-state index is 0.0432. The van der Waals surface area contributed by atoms with Gasteiger partial charge in [-0.25, -0.2) is 4.79 Å². The first-order valence-electron chi connectivity index (χ1n) is 7.09. The Hall–Kier alpha value is -3.75. The monoisotopic (exact) mass is 341 g/mol. The van der Waals surface area contributed by atoms with E-state index in [2.05, 4.69) is 0 Å². The Labute approximate surface area is 140 Å². The Morgan fingerprint density at radius 2 is 1.76 bits per heavy atom. The highest BCUT2D eigenvalue weighted by molar-refractivity contribution is 6.31. The van der Waals surface area contributed by atoms with Crippen molar-refractivity contribution < 1.29 is 23.7 Å². The summed E-state index contributed by atoms with van der Waals surface area (Å²) in [5.41, 5.74) is 0.672. The van der Waals surface area contributed by atoms with Crippen LogP contribution in [0.2, 0.25) is 0 Å². The average molecular weight is 341 g/mol. The summed E-state index contributed by atoms with van der Waals surface area (Å²) in [4.78, 5) is 44.9. The number of nitrogens with zero attached hydrogens (tertiary/aromatic N) is 1. The van der Waals surface area contributed by atoms with Crippen molar-refractivity contribution in [1.82, 2.24) is 10.6 Å². The second kappa shape index (κ2) is 6.04. The van der Waals surface area contributed by atoms with Crippen molar-refractivity contribution in [1.29, 1.82) is 0 Å². The van der Waals surface area contributed by atoms with E-state index in [0.29, 0.717) is 16.9 Å². The van der Waals surface area contributed by atoms with E-state index in [-0.39, 0.29) is 17.0 Å². The maximum absolute atomic E-state index is 11.7. The summed E-state index contributed by atoms with van der Waals surface area (Å²) >= 11 is 0. The van der Waals surface area contributed by atoms with Crippen LogP contribution < -0.4 is 10.6 Å². The highest BCUT2D eigenvalue weighted by atomic mass is 16.6. The summed E-state index contributed by atoms with van der Waals surface area (Å²) in [5, 5.41) is 14.9. The fourth-order valence-corrected chi connectivity index (χ4v) is 2.29. The number of rotatable bonds is 3. The number of barbiturate groups is 1. The Balaban J connectivity index is 1.93. The number of urea groups is 1. The topological polar surface area (TPSA) is 132 Å². The van der Waals surface area contributed by atoms with Gasteiger partial charge < -0.3 is 4.42 Å². The lowest BCUT2D eigenvalue weighted by molar-refractivity contribution is -0.385. The van der Waals surface area contributed by atoms with Crippen molar-refractivity contribution in [3.8, 4) is 11.3 Å². The predicted octanol–water partition coefficient (Wildman–Crippen LogP) is 1.91. The van der Waals surface area contributed by atoms with Crippen molar-refractivity contribution in [3.05, 3.63) is 57.3 Å². The number of nitrogens with one attached hydrogen (secondary N) is 2. The molecule has 1 aromatic carbocycles. The molecule has 0 bridgehead atoms. The molecule has 4 amide bonds. The quantitative estimate of drug-likeness (QED) is 0.379. The largest absolute Gasteiger partial charge is 0.457 e. The molecule has 1 aliphatic heterocycles. The number of amides is 4. The van der Waals surface area contributed by atoms with Crippen molar-refractivity contribution >= 4 is 29.6 Å². The second-order valence-electron chi connectivity index (χ2n) is 5.26. The Morgan fingerprint density at radius 3 is 2.40 bits per heavy atom. The normalized spacial score (nSPS) is 14.1.